The Balaban J connectivity index is 1.31. The van der Waals surface area contributed by atoms with Gasteiger partial charge in [-0.3, -0.25) is 4.79 Å². The molecule has 6 heteroatoms. The second-order valence-electron chi connectivity index (χ2n) is 13.3. The molecule has 0 aromatic heterocycles. The Labute approximate surface area is 197 Å². The van der Waals surface area contributed by atoms with E-state index in [2.05, 4.69) is 20.8 Å². The van der Waals surface area contributed by atoms with E-state index in [1.54, 1.807) is 0 Å². The first-order valence-electron chi connectivity index (χ1n) is 13.4. The Morgan fingerprint density at radius 2 is 1.73 bits per heavy atom. The summed E-state index contributed by atoms with van der Waals surface area (Å²) in [5, 5.41) is 32.4. The van der Waals surface area contributed by atoms with E-state index in [4.69, 9.17) is 9.47 Å². The quantitative estimate of drug-likeness (QED) is 0.512. The van der Waals surface area contributed by atoms with Crippen LogP contribution < -0.4 is 0 Å². The molecule has 0 unspecified atom stereocenters. The highest BCUT2D eigenvalue weighted by Crippen LogP contribution is 2.71. The third-order valence-electron chi connectivity index (χ3n) is 11.9. The summed E-state index contributed by atoms with van der Waals surface area (Å²) in [6, 6.07) is 0. The van der Waals surface area contributed by atoms with E-state index >= 15 is 0 Å². The van der Waals surface area contributed by atoms with Crippen molar-refractivity contribution in [2.75, 3.05) is 6.61 Å². The molecule has 3 N–H and O–H groups in total. The van der Waals surface area contributed by atoms with Crippen molar-refractivity contribution in [3.63, 3.8) is 0 Å². The lowest BCUT2D eigenvalue weighted by Gasteiger charge is -2.63. The SMILES string of the molecule is C[C@H]1CC[C@@]2(OC1)O[C@H]1C[C@H]3[C@H]4CC(=O)[C@@]5(O)C[C@@H](O)[C@@H](O)C[C@]5(C)[C@@H]4CC[C@]3(C)[C@@H]1[C@H]2C. The molecule has 0 radical (unpaired) electrons. The van der Waals surface area contributed by atoms with Crippen LogP contribution in [0.4, 0.5) is 0 Å². The molecule has 2 heterocycles. The second kappa shape index (κ2) is 7.03. The van der Waals surface area contributed by atoms with Gasteiger partial charge in [0.2, 0.25) is 0 Å². The molecule has 6 rings (SSSR count). The highest BCUT2D eigenvalue weighted by atomic mass is 16.7. The summed E-state index contributed by atoms with van der Waals surface area (Å²) in [7, 11) is 0. The van der Waals surface area contributed by atoms with Crippen molar-refractivity contribution in [2.45, 2.75) is 109 Å². The summed E-state index contributed by atoms with van der Waals surface area (Å²) in [4.78, 5) is 13.4. The van der Waals surface area contributed by atoms with Gasteiger partial charge >= 0.3 is 0 Å². The van der Waals surface area contributed by atoms with E-state index in [9.17, 15) is 20.1 Å². The van der Waals surface area contributed by atoms with E-state index in [0.717, 1.165) is 38.7 Å². The zero-order chi connectivity index (χ0) is 23.6. The van der Waals surface area contributed by atoms with Gasteiger partial charge in [0, 0.05) is 30.6 Å². The van der Waals surface area contributed by atoms with E-state index in [-0.39, 0.29) is 42.0 Å². The molecular weight excluding hydrogens is 420 g/mol. The normalized spacial score (nSPS) is 62.5. The van der Waals surface area contributed by atoms with Crippen molar-refractivity contribution >= 4 is 5.78 Å². The third kappa shape index (κ3) is 2.76. The molecule has 6 fully saturated rings. The Hall–Kier alpha value is -0.530. The van der Waals surface area contributed by atoms with E-state index in [1.165, 1.54) is 0 Å². The van der Waals surface area contributed by atoms with Gasteiger partial charge in [0.25, 0.3) is 0 Å². The number of hydrogen-bond acceptors (Lipinski definition) is 6. The number of ether oxygens (including phenoxy) is 2. The monoisotopic (exact) mass is 462 g/mol. The summed E-state index contributed by atoms with van der Waals surface area (Å²) in [5.74, 6) is 1.53. The van der Waals surface area contributed by atoms with Crippen molar-refractivity contribution < 1.29 is 29.6 Å². The van der Waals surface area contributed by atoms with Gasteiger partial charge in [0.05, 0.1) is 24.9 Å². The third-order valence-corrected chi connectivity index (χ3v) is 11.9. The van der Waals surface area contributed by atoms with Crippen LogP contribution in [0.5, 0.6) is 0 Å². The number of carbonyl (C=O) groups excluding carboxylic acids is 1. The Morgan fingerprint density at radius 1 is 1.00 bits per heavy atom. The summed E-state index contributed by atoms with van der Waals surface area (Å²) in [6.07, 6.45) is 3.96. The van der Waals surface area contributed by atoms with E-state index in [0.29, 0.717) is 30.1 Å². The fourth-order valence-electron chi connectivity index (χ4n) is 10.1. The van der Waals surface area contributed by atoms with Crippen molar-refractivity contribution in [3.05, 3.63) is 0 Å². The highest BCUT2D eigenvalue weighted by molar-refractivity contribution is 5.89. The molecule has 4 saturated carbocycles. The topological polar surface area (TPSA) is 96.2 Å². The van der Waals surface area contributed by atoms with Gasteiger partial charge in [0.15, 0.2) is 11.6 Å². The molecule has 0 amide bonds. The molecule has 0 bridgehead atoms. The smallest absolute Gasteiger partial charge is 0.171 e. The number of aliphatic hydroxyl groups excluding tert-OH is 2. The minimum Gasteiger partial charge on any atom is -0.390 e. The maximum atomic E-state index is 13.4. The van der Waals surface area contributed by atoms with Gasteiger partial charge in [-0.05, 0) is 67.1 Å². The van der Waals surface area contributed by atoms with Crippen LogP contribution in [0.3, 0.4) is 0 Å². The molecule has 186 valence electrons. The molecule has 4 aliphatic carbocycles. The minimum atomic E-state index is -1.53. The first-order valence-corrected chi connectivity index (χ1v) is 13.4. The maximum absolute atomic E-state index is 13.4. The summed E-state index contributed by atoms with van der Waals surface area (Å²) < 4.78 is 13.2. The van der Waals surface area contributed by atoms with Crippen LogP contribution in [-0.2, 0) is 14.3 Å². The average molecular weight is 463 g/mol. The molecule has 2 aliphatic heterocycles. The average Bonchev–Trinajstić information content (AvgIpc) is 3.19. The Morgan fingerprint density at radius 3 is 2.42 bits per heavy atom. The first kappa shape index (κ1) is 22.9. The highest BCUT2D eigenvalue weighted by Gasteiger charge is 2.72. The lowest BCUT2D eigenvalue weighted by atomic mass is 9.42. The van der Waals surface area contributed by atoms with Crippen LogP contribution in [0.1, 0.15) is 79.1 Å². The van der Waals surface area contributed by atoms with Crippen LogP contribution in [-0.4, -0.2) is 57.4 Å². The Kier molecular flexibility index (Phi) is 4.88. The lowest BCUT2D eigenvalue weighted by Crippen LogP contribution is -2.69. The number of hydrogen-bond donors (Lipinski definition) is 3. The molecular formula is C27H42O6. The zero-order valence-electron chi connectivity index (χ0n) is 20.6. The van der Waals surface area contributed by atoms with Crippen LogP contribution >= 0.6 is 0 Å². The van der Waals surface area contributed by atoms with E-state index < -0.39 is 29.0 Å². The number of fused-ring (bicyclic) bond motifs is 7. The summed E-state index contributed by atoms with van der Waals surface area (Å²) in [6.45, 7) is 9.77. The fraction of sp³-hybridized carbons (Fsp3) is 0.963. The predicted molar refractivity (Wildman–Crippen MR) is 121 cm³/mol. The standard InChI is InChI=1S/C27H42O6/c1-14-5-8-27(32-13-14)15(2)23-21(33-27)10-18-16-9-22(30)26(31)12-20(29)19(28)11-25(26,4)17(16)6-7-24(18,23)3/h14-21,23,28-29,31H,5-13H2,1-4H3/t14-,15+,16-,17+,18-,19-,20+,21-,23+,24-,25+,26-,27+/m0/s1. The number of carbonyl (C=O) groups is 1. The molecule has 6 nitrogen and oxygen atoms in total. The van der Waals surface area contributed by atoms with Gasteiger partial charge in [-0.1, -0.05) is 27.7 Å². The number of aliphatic hydroxyl groups is 3. The van der Waals surface area contributed by atoms with Gasteiger partial charge in [0.1, 0.15) is 5.60 Å². The van der Waals surface area contributed by atoms with E-state index in [1.807, 2.05) is 6.92 Å². The molecule has 0 aromatic rings. The summed E-state index contributed by atoms with van der Waals surface area (Å²) >= 11 is 0. The van der Waals surface area contributed by atoms with Crippen LogP contribution in [0.15, 0.2) is 0 Å². The largest absolute Gasteiger partial charge is 0.390 e. The zero-order valence-corrected chi connectivity index (χ0v) is 20.6. The molecule has 13 atom stereocenters. The molecule has 33 heavy (non-hydrogen) atoms. The van der Waals surface area contributed by atoms with Gasteiger partial charge in [-0.15, -0.1) is 0 Å². The van der Waals surface area contributed by atoms with Gasteiger partial charge < -0.3 is 24.8 Å². The van der Waals surface area contributed by atoms with Crippen LogP contribution in [0.2, 0.25) is 0 Å². The number of rotatable bonds is 0. The molecule has 1 spiro atoms. The maximum Gasteiger partial charge on any atom is 0.171 e. The Bertz CT molecular complexity index is 836. The van der Waals surface area contributed by atoms with Gasteiger partial charge in [-0.2, -0.15) is 0 Å². The van der Waals surface area contributed by atoms with Crippen molar-refractivity contribution in [1.82, 2.24) is 0 Å². The van der Waals surface area contributed by atoms with Gasteiger partial charge in [-0.25, -0.2) is 0 Å². The molecule has 6 aliphatic rings. The predicted octanol–water partition coefficient (Wildman–Crippen LogP) is 3.06. The molecule has 2 saturated heterocycles. The number of Topliss-reactive ketones (excluding diaryl/α,β-unsaturated/α-hetero) is 1. The lowest BCUT2D eigenvalue weighted by molar-refractivity contribution is -0.274. The van der Waals surface area contributed by atoms with Crippen molar-refractivity contribution in [1.29, 1.82) is 0 Å². The minimum absolute atomic E-state index is 0.0433. The second-order valence-corrected chi connectivity index (χ2v) is 13.3. The van der Waals surface area contributed by atoms with Crippen molar-refractivity contribution in [3.8, 4) is 0 Å². The fourth-order valence-corrected chi connectivity index (χ4v) is 10.1. The summed E-state index contributed by atoms with van der Waals surface area (Å²) in [5.41, 5.74) is -2.13. The number of ketones is 1. The van der Waals surface area contributed by atoms with Crippen molar-refractivity contribution in [2.24, 2.45) is 46.3 Å². The first-order chi connectivity index (χ1) is 15.5. The molecule has 0 aromatic carbocycles. The van der Waals surface area contributed by atoms with Crippen LogP contribution in [0, 0.1) is 46.3 Å². The van der Waals surface area contributed by atoms with Crippen LogP contribution in [0.25, 0.3) is 0 Å².